The van der Waals surface area contributed by atoms with E-state index in [4.69, 9.17) is 23.2 Å². The molecule has 4 nitrogen and oxygen atoms in total. The van der Waals surface area contributed by atoms with Gasteiger partial charge in [0.25, 0.3) is 16.1 Å². The summed E-state index contributed by atoms with van der Waals surface area (Å²) >= 11 is 10.6. The zero-order valence-electron chi connectivity index (χ0n) is 5.33. The van der Waals surface area contributed by atoms with Gasteiger partial charge in [-0.05, 0) is 0 Å². The van der Waals surface area contributed by atoms with Crippen molar-refractivity contribution in [2.45, 2.75) is 5.38 Å². The molecule has 0 spiro atoms. The number of isocyanates is 1. The summed E-state index contributed by atoms with van der Waals surface area (Å²) in [5.41, 5.74) is 0. The minimum absolute atomic E-state index is 0.00480. The molecule has 0 N–H and O–H groups in total. The van der Waals surface area contributed by atoms with Gasteiger partial charge >= 0.3 is 0 Å². The van der Waals surface area contributed by atoms with Gasteiger partial charge in [-0.2, -0.15) is 0 Å². The maximum atomic E-state index is 10.6. The van der Waals surface area contributed by atoms with Crippen LogP contribution in [-0.2, 0) is 14.8 Å². The molecule has 0 heterocycles. The highest BCUT2D eigenvalue weighted by molar-refractivity contribution is 7.90. The first-order valence-electron chi connectivity index (χ1n) is 2.53. The molecule has 0 aliphatic carbocycles. The number of hydrogen-bond donors (Lipinski definition) is 0. The van der Waals surface area contributed by atoms with E-state index >= 15 is 0 Å². The van der Waals surface area contributed by atoms with Gasteiger partial charge in [0.15, 0.2) is 0 Å². The van der Waals surface area contributed by atoms with Gasteiger partial charge in [-0.1, -0.05) is 4.40 Å². The van der Waals surface area contributed by atoms with Crippen LogP contribution in [0.2, 0.25) is 0 Å². The Labute approximate surface area is 74.3 Å². The summed E-state index contributed by atoms with van der Waals surface area (Å²) in [4.78, 5) is 9.54. The Balaban J connectivity index is 4.25. The van der Waals surface area contributed by atoms with E-state index in [0.717, 1.165) is 6.08 Å². The molecule has 0 rings (SSSR count). The van der Waals surface area contributed by atoms with Gasteiger partial charge < -0.3 is 0 Å². The van der Waals surface area contributed by atoms with Crippen molar-refractivity contribution >= 4 is 39.3 Å². The SMILES string of the molecule is O=C=NS(=O)(=O)CC(Cl)CCl. The number of alkyl halides is 2. The van der Waals surface area contributed by atoms with Gasteiger partial charge in [0.05, 0.1) is 11.1 Å². The van der Waals surface area contributed by atoms with Crippen LogP contribution in [0, 0.1) is 0 Å². The standard InChI is InChI=1S/C4H5Cl2NO3S/c5-1-4(6)2-11(9,10)7-3-8/h4H,1-2H2. The molecule has 0 saturated heterocycles. The zero-order chi connectivity index (χ0) is 8.91. The number of halogens is 2. The molecular weight excluding hydrogens is 213 g/mol. The summed E-state index contributed by atoms with van der Waals surface area (Å²) in [5.74, 6) is -0.442. The van der Waals surface area contributed by atoms with Crippen LogP contribution >= 0.6 is 23.2 Å². The second-order valence-corrected chi connectivity index (χ2v) is 4.29. The fraction of sp³-hybridized carbons (Fsp3) is 0.750. The maximum absolute atomic E-state index is 10.6. The molecule has 0 bridgehead atoms. The molecule has 0 aromatic rings. The lowest BCUT2D eigenvalue weighted by atomic mass is 10.6. The van der Waals surface area contributed by atoms with Crippen LogP contribution in [0.25, 0.3) is 0 Å². The van der Waals surface area contributed by atoms with Crippen LogP contribution in [0.1, 0.15) is 0 Å². The van der Waals surface area contributed by atoms with Crippen molar-refractivity contribution in [2.24, 2.45) is 4.40 Å². The Morgan fingerprint density at radius 2 is 2.09 bits per heavy atom. The Bertz CT molecular complexity index is 257. The van der Waals surface area contributed by atoms with Gasteiger partial charge in [0.2, 0.25) is 0 Å². The summed E-state index contributed by atoms with van der Waals surface area (Å²) in [5, 5.41) is -0.723. The maximum Gasteiger partial charge on any atom is 0.264 e. The third-order valence-corrected chi connectivity index (χ3v) is 2.93. The number of rotatable bonds is 4. The first-order chi connectivity index (χ1) is 5.02. The third-order valence-electron chi connectivity index (χ3n) is 0.735. The predicted octanol–water partition coefficient (Wildman–Crippen LogP) is 0.498. The van der Waals surface area contributed by atoms with Gasteiger partial charge in [-0.15, -0.1) is 23.2 Å². The van der Waals surface area contributed by atoms with Crippen molar-refractivity contribution in [3.63, 3.8) is 0 Å². The van der Waals surface area contributed by atoms with Crippen LogP contribution in [-0.4, -0.2) is 31.5 Å². The van der Waals surface area contributed by atoms with E-state index in [2.05, 4.69) is 4.40 Å². The molecule has 1 atom stereocenters. The third kappa shape index (κ3) is 5.21. The minimum atomic E-state index is -3.76. The smallest absolute Gasteiger partial charge is 0.210 e. The fourth-order valence-corrected chi connectivity index (χ4v) is 1.85. The summed E-state index contributed by atoms with van der Waals surface area (Å²) in [6, 6.07) is 0. The van der Waals surface area contributed by atoms with Crippen molar-refractivity contribution in [3.05, 3.63) is 0 Å². The van der Waals surface area contributed by atoms with E-state index in [1.165, 1.54) is 0 Å². The van der Waals surface area contributed by atoms with Crippen LogP contribution in [0.3, 0.4) is 0 Å². The van der Waals surface area contributed by atoms with Crippen molar-refractivity contribution < 1.29 is 13.2 Å². The van der Waals surface area contributed by atoms with E-state index < -0.39 is 21.2 Å². The number of carbonyl (C=O) groups excluding carboxylic acids is 1. The van der Waals surface area contributed by atoms with Crippen LogP contribution < -0.4 is 0 Å². The molecule has 1 unspecified atom stereocenters. The predicted molar refractivity (Wildman–Crippen MR) is 42.3 cm³/mol. The van der Waals surface area contributed by atoms with E-state index in [0.29, 0.717) is 0 Å². The molecular formula is C4H5Cl2NO3S. The molecule has 0 radical (unpaired) electrons. The molecule has 0 aromatic carbocycles. The van der Waals surface area contributed by atoms with Gasteiger partial charge in [0, 0.05) is 5.88 Å². The van der Waals surface area contributed by atoms with Crippen molar-refractivity contribution in [2.75, 3.05) is 11.6 Å². The largest absolute Gasteiger partial charge is 0.264 e. The van der Waals surface area contributed by atoms with Crippen molar-refractivity contribution in [3.8, 4) is 0 Å². The van der Waals surface area contributed by atoms with Gasteiger partial charge in [0.1, 0.15) is 0 Å². The average molecular weight is 218 g/mol. The van der Waals surface area contributed by atoms with E-state index in [1.54, 1.807) is 0 Å². The highest BCUT2D eigenvalue weighted by Gasteiger charge is 2.14. The van der Waals surface area contributed by atoms with Crippen LogP contribution in [0.15, 0.2) is 4.40 Å². The number of hydrogen-bond acceptors (Lipinski definition) is 3. The lowest BCUT2D eigenvalue weighted by Crippen LogP contribution is -2.15. The second kappa shape index (κ2) is 4.72. The summed E-state index contributed by atoms with van der Waals surface area (Å²) < 4.78 is 23.8. The molecule has 0 aliphatic heterocycles. The van der Waals surface area contributed by atoms with Gasteiger partial charge in [-0.25, -0.2) is 13.2 Å². The van der Waals surface area contributed by atoms with Crippen molar-refractivity contribution in [1.82, 2.24) is 0 Å². The van der Waals surface area contributed by atoms with Crippen molar-refractivity contribution in [1.29, 1.82) is 0 Å². The Hall–Kier alpha value is -0.0900. The minimum Gasteiger partial charge on any atom is -0.210 e. The number of nitrogens with zero attached hydrogens (tertiary/aromatic N) is 1. The Morgan fingerprint density at radius 1 is 1.55 bits per heavy atom. The van der Waals surface area contributed by atoms with Gasteiger partial charge in [-0.3, -0.25) is 0 Å². The molecule has 0 aliphatic rings. The van der Waals surface area contributed by atoms with E-state index in [-0.39, 0.29) is 5.88 Å². The molecule has 0 aromatic heterocycles. The summed E-state index contributed by atoms with van der Waals surface area (Å²) in [6.07, 6.45) is 0.923. The molecule has 64 valence electrons. The van der Waals surface area contributed by atoms with E-state index in [1.807, 2.05) is 0 Å². The summed E-state index contributed by atoms with van der Waals surface area (Å²) in [6.45, 7) is 0. The monoisotopic (exact) mass is 217 g/mol. The molecule has 0 saturated carbocycles. The molecule has 7 heteroatoms. The molecule has 0 fully saturated rings. The Morgan fingerprint density at radius 3 is 2.45 bits per heavy atom. The Kier molecular flexibility index (Phi) is 4.68. The normalized spacial score (nSPS) is 13.6. The van der Waals surface area contributed by atoms with E-state index in [9.17, 15) is 13.2 Å². The topological polar surface area (TPSA) is 63.6 Å². The molecule has 0 amide bonds. The lowest BCUT2D eigenvalue weighted by Gasteiger charge is -1.99. The van der Waals surface area contributed by atoms with Crippen LogP contribution in [0.4, 0.5) is 0 Å². The first kappa shape index (κ1) is 10.9. The number of sulfonamides is 1. The highest BCUT2D eigenvalue weighted by atomic mass is 35.5. The zero-order valence-corrected chi connectivity index (χ0v) is 7.66. The quantitative estimate of drug-likeness (QED) is 0.392. The lowest BCUT2D eigenvalue weighted by molar-refractivity contribution is 0.563. The second-order valence-electron chi connectivity index (χ2n) is 1.68. The molecule has 11 heavy (non-hydrogen) atoms. The fourth-order valence-electron chi connectivity index (χ4n) is 0.367. The van der Waals surface area contributed by atoms with Crippen LogP contribution in [0.5, 0.6) is 0 Å². The summed E-state index contributed by atoms with van der Waals surface area (Å²) in [7, 11) is -3.76. The highest BCUT2D eigenvalue weighted by Crippen LogP contribution is 2.04. The first-order valence-corrected chi connectivity index (χ1v) is 5.11. The average Bonchev–Trinajstić information content (AvgIpc) is 1.86.